The van der Waals surface area contributed by atoms with Crippen LogP contribution in [0.1, 0.15) is 41.5 Å². The number of halogens is 1. The molecule has 154 valence electrons. The monoisotopic (exact) mass is 416 g/mol. The summed E-state index contributed by atoms with van der Waals surface area (Å²) in [5, 5.41) is -0.630. The van der Waals surface area contributed by atoms with E-state index in [2.05, 4.69) is 0 Å². The highest BCUT2D eigenvalue weighted by Crippen LogP contribution is 2.55. The number of amides is 2. The third-order valence-electron chi connectivity index (χ3n) is 2.55. The molecule has 0 aromatic heterocycles. The van der Waals surface area contributed by atoms with E-state index < -0.39 is 37.3 Å². The highest BCUT2D eigenvalue weighted by molar-refractivity contribution is 7.48. The number of hydrogen-bond acceptors (Lipinski definition) is 7. The van der Waals surface area contributed by atoms with Gasteiger partial charge in [0.15, 0.2) is 0 Å². The lowest BCUT2D eigenvalue weighted by Crippen LogP contribution is -2.36. The molecule has 0 N–H and O–H groups in total. The summed E-state index contributed by atoms with van der Waals surface area (Å²) in [5.41, 5.74) is -1.58. The van der Waals surface area contributed by atoms with Crippen LogP contribution < -0.4 is 0 Å². The van der Waals surface area contributed by atoms with E-state index in [1.807, 2.05) is 0 Å². The third-order valence-corrected chi connectivity index (χ3v) is 4.80. The molecule has 0 rings (SSSR count). The van der Waals surface area contributed by atoms with E-state index in [0.29, 0.717) is 0 Å². The van der Waals surface area contributed by atoms with Crippen LogP contribution in [0.15, 0.2) is 0 Å². The summed E-state index contributed by atoms with van der Waals surface area (Å²) in [4.78, 5) is 25.3. The molecular weight excluding hydrogens is 387 g/mol. The summed E-state index contributed by atoms with van der Waals surface area (Å²) < 4.78 is 33.6. The van der Waals surface area contributed by atoms with Crippen LogP contribution in [0.5, 0.6) is 0 Å². The topological polar surface area (TPSA) is 94.6 Å². The SMILES string of the molecule is CN(CCN(C)C(=O)OCOP(=O)(OC(C)(C)C)OC(C)(C)C)C(=O)Cl. The maximum absolute atomic E-state index is 12.8. The molecule has 9 nitrogen and oxygen atoms in total. The maximum Gasteiger partial charge on any atom is 0.478 e. The van der Waals surface area contributed by atoms with Gasteiger partial charge in [0.2, 0.25) is 6.79 Å². The zero-order valence-corrected chi connectivity index (χ0v) is 18.3. The molecule has 2 amide bonds. The van der Waals surface area contributed by atoms with Crippen molar-refractivity contribution in [1.82, 2.24) is 9.80 Å². The van der Waals surface area contributed by atoms with Gasteiger partial charge in [-0.3, -0.25) is 13.8 Å². The summed E-state index contributed by atoms with van der Waals surface area (Å²) in [6.07, 6.45) is -0.724. The van der Waals surface area contributed by atoms with Crippen LogP contribution in [0.3, 0.4) is 0 Å². The molecule has 0 radical (unpaired) electrons. The van der Waals surface area contributed by atoms with Crippen molar-refractivity contribution in [3.8, 4) is 0 Å². The first kappa shape index (κ1) is 25.1. The maximum atomic E-state index is 12.8. The van der Waals surface area contributed by atoms with Gasteiger partial charge in [-0.2, -0.15) is 0 Å². The molecule has 11 heteroatoms. The van der Waals surface area contributed by atoms with Gasteiger partial charge in [0, 0.05) is 27.2 Å². The van der Waals surface area contributed by atoms with E-state index in [0.717, 1.165) is 0 Å². The number of carbonyl (C=O) groups is 2. The molecule has 0 aliphatic rings. The predicted octanol–water partition coefficient (Wildman–Crippen LogP) is 4.06. The molecule has 0 saturated carbocycles. The fourth-order valence-corrected chi connectivity index (χ4v) is 3.22. The van der Waals surface area contributed by atoms with Crippen molar-refractivity contribution in [2.45, 2.75) is 52.7 Å². The summed E-state index contributed by atoms with van der Waals surface area (Å²) in [6, 6.07) is 0. The summed E-state index contributed by atoms with van der Waals surface area (Å²) in [7, 11) is -0.980. The Kier molecular flexibility index (Phi) is 9.57. The number of phosphoric ester groups is 1. The smallest absolute Gasteiger partial charge is 0.422 e. The quantitative estimate of drug-likeness (QED) is 0.255. The molecule has 0 aliphatic heterocycles. The second-order valence-electron chi connectivity index (χ2n) is 7.61. The first-order chi connectivity index (χ1) is 11.5. The van der Waals surface area contributed by atoms with Crippen LogP contribution in [0, 0.1) is 0 Å². The summed E-state index contributed by atoms with van der Waals surface area (Å²) in [6.45, 7) is 10.00. The van der Waals surface area contributed by atoms with Gasteiger partial charge in [0.25, 0.3) is 0 Å². The zero-order chi connectivity index (χ0) is 20.8. The third kappa shape index (κ3) is 11.7. The van der Waals surface area contributed by atoms with Gasteiger partial charge in [0.05, 0.1) is 11.2 Å². The van der Waals surface area contributed by atoms with Crippen molar-refractivity contribution in [1.29, 1.82) is 0 Å². The van der Waals surface area contributed by atoms with Crippen molar-refractivity contribution < 1.29 is 32.5 Å². The average molecular weight is 417 g/mol. The standard InChI is InChI=1S/C15H30ClN2O7P/c1-14(2,3)24-26(21,25-15(4,5)6)23-11-22-13(20)18(8)10-9-17(7)12(16)19/h9-11H2,1-8H3. The van der Waals surface area contributed by atoms with Crippen LogP contribution in [0.4, 0.5) is 9.59 Å². The second kappa shape index (κ2) is 9.90. The zero-order valence-electron chi connectivity index (χ0n) is 16.7. The van der Waals surface area contributed by atoms with Crippen LogP contribution in [0.25, 0.3) is 0 Å². The lowest BCUT2D eigenvalue weighted by atomic mass is 10.2. The van der Waals surface area contributed by atoms with Gasteiger partial charge in [-0.25, -0.2) is 13.9 Å². The number of phosphoric acid groups is 1. The minimum Gasteiger partial charge on any atom is -0.422 e. The first-order valence-corrected chi connectivity index (χ1v) is 9.83. The van der Waals surface area contributed by atoms with Crippen LogP contribution in [-0.4, -0.2) is 66.4 Å². The summed E-state index contributed by atoms with van der Waals surface area (Å²) >= 11 is 5.30. The van der Waals surface area contributed by atoms with Crippen molar-refractivity contribution in [2.75, 3.05) is 34.0 Å². The lowest BCUT2D eigenvalue weighted by Gasteiger charge is -2.30. The molecule has 0 aromatic carbocycles. The molecule has 0 fully saturated rings. The van der Waals surface area contributed by atoms with Gasteiger partial charge in [0.1, 0.15) is 0 Å². The van der Waals surface area contributed by atoms with Crippen molar-refractivity contribution in [2.24, 2.45) is 0 Å². The molecule has 0 aliphatic carbocycles. The second-order valence-corrected chi connectivity index (χ2v) is 9.45. The first-order valence-electron chi connectivity index (χ1n) is 7.99. The number of likely N-dealkylation sites (N-methyl/N-ethyl adjacent to an activating group) is 2. The lowest BCUT2D eigenvalue weighted by molar-refractivity contribution is -0.0330. The van der Waals surface area contributed by atoms with Gasteiger partial charge in [-0.1, -0.05) is 0 Å². The van der Waals surface area contributed by atoms with E-state index in [1.165, 1.54) is 23.9 Å². The highest BCUT2D eigenvalue weighted by atomic mass is 35.5. The van der Waals surface area contributed by atoms with Crippen LogP contribution >= 0.6 is 19.4 Å². The molecule has 0 atom stereocenters. The Morgan fingerprint density at radius 3 is 1.73 bits per heavy atom. The van der Waals surface area contributed by atoms with Gasteiger partial charge < -0.3 is 14.5 Å². The average Bonchev–Trinajstić information content (AvgIpc) is 2.39. The van der Waals surface area contributed by atoms with E-state index in [1.54, 1.807) is 41.5 Å². The van der Waals surface area contributed by atoms with Crippen molar-refractivity contribution in [3.63, 3.8) is 0 Å². The number of ether oxygens (including phenoxy) is 1. The van der Waals surface area contributed by atoms with Gasteiger partial charge in [-0.15, -0.1) is 0 Å². The van der Waals surface area contributed by atoms with E-state index in [-0.39, 0.29) is 13.1 Å². The molecule has 26 heavy (non-hydrogen) atoms. The van der Waals surface area contributed by atoms with E-state index >= 15 is 0 Å². The number of carbonyl (C=O) groups excluding carboxylic acids is 2. The largest absolute Gasteiger partial charge is 0.478 e. The Labute approximate surface area is 160 Å². The minimum atomic E-state index is -3.96. The fourth-order valence-electron chi connectivity index (χ4n) is 1.47. The van der Waals surface area contributed by atoms with Crippen molar-refractivity contribution >= 4 is 30.9 Å². The number of nitrogens with zero attached hydrogens (tertiary/aromatic N) is 2. The molecule has 0 heterocycles. The van der Waals surface area contributed by atoms with E-state index in [4.69, 9.17) is 29.9 Å². The fraction of sp³-hybridized carbons (Fsp3) is 0.867. The van der Waals surface area contributed by atoms with Crippen LogP contribution in [0.2, 0.25) is 0 Å². The normalized spacial score (nSPS) is 12.7. The Morgan fingerprint density at radius 2 is 1.35 bits per heavy atom. The number of hydrogen-bond donors (Lipinski definition) is 0. The molecular formula is C15H30ClN2O7P. The highest BCUT2D eigenvalue weighted by Gasteiger charge is 2.37. The minimum absolute atomic E-state index is 0.197. The van der Waals surface area contributed by atoms with E-state index in [9.17, 15) is 14.2 Å². The molecule has 0 aromatic rings. The molecule has 0 unspecified atom stereocenters. The Bertz CT molecular complexity index is 511. The van der Waals surface area contributed by atoms with Gasteiger partial charge in [-0.05, 0) is 53.1 Å². The Balaban J connectivity index is 4.63. The summed E-state index contributed by atoms with van der Waals surface area (Å²) in [5.74, 6) is 0. The van der Waals surface area contributed by atoms with Gasteiger partial charge >= 0.3 is 19.3 Å². The van der Waals surface area contributed by atoms with Crippen LogP contribution in [-0.2, 0) is 22.9 Å². The molecule has 0 spiro atoms. The Morgan fingerprint density at radius 1 is 0.923 bits per heavy atom. The number of rotatable bonds is 8. The Hall–Kier alpha value is -0.860. The van der Waals surface area contributed by atoms with Crippen molar-refractivity contribution in [3.05, 3.63) is 0 Å². The predicted molar refractivity (Wildman–Crippen MR) is 98.2 cm³/mol. The molecule has 0 saturated heterocycles. The molecule has 0 bridgehead atoms.